The maximum absolute atomic E-state index is 12.3. The Labute approximate surface area is 306 Å². The monoisotopic (exact) mass is 794 g/mol. The molecule has 6 N–H and O–H groups in total. The predicted octanol–water partition coefficient (Wildman–Crippen LogP) is 9.05. The number of phenolic OH excluding ortho intramolecular Hbond substituents is 2. The van der Waals surface area contributed by atoms with Crippen molar-refractivity contribution in [3.05, 3.63) is 141 Å². The molecule has 260 valence electrons. The Balaban J connectivity index is 0.000000202. The number of phenols is 2. The molecule has 0 aliphatic carbocycles. The molecule has 0 fully saturated rings. The lowest BCUT2D eigenvalue weighted by atomic mass is 10.2. The molecule has 0 saturated carbocycles. The van der Waals surface area contributed by atoms with Gasteiger partial charge in [0.1, 0.15) is 11.5 Å². The highest BCUT2D eigenvalue weighted by Crippen LogP contribution is 2.40. The lowest BCUT2D eigenvalue weighted by molar-refractivity contribution is 0.0682. The number of carbonyl (C=O) groups is 2. The molecule has 11 nitrogen and oxygen atoms in total. The van der Waals surface area contributed by atoms with E-state index in [9.17, 15) is 19.5 Å². The van der Waals surface area contributed by atoms with Crippen LogP contribution in [0.4, 0.5) is 0 Å². The molecule has 0 amide bonds. The van der Waals surface area contributed by atoms with E-state index in [0.29, 0.717) is 35.3 Å². The van der Waals surface area contributed by atoms with E-state index in [1.165, 1.54) is 51.1 Å². The summed E-state index contributed by atoms with van der Waals surface area (Å²) in [6.45, 7) is 0. The fourth-order valence-corrected chi connectivity index (χ4v) is 7.70. The van der Waals surface area contributed by atoms with Crippen molar-refractivity contribution in [1.29, 1.82) is 0 Å². The van der Waals surface area contributed by atoms with Crippen LogP contribution in [-0.2, 0) is 10.4 Å². The van der Waals surface area contributed by atoms with E-state index in [1.807, 2.05) is 18.2 Å². The second kappa shape index (κ2) is 18.6. The molecule has 0 spiro atoms. The average Bonchev–Trinajstić information content (AvgIpc) is 3.07. The largest absolute Gasteiger partial charge is 0.508 e. The van der Waals surface area contributed by atoms with Crippen LogP contribution in [0.5, 0.6) is 11.5 Å². The summed E-state index contributed by atoms with van der Waals surface area (Å²) in [6.07, 6.45) is 0. The second-order valence-electron chi connectivity index (χ2n) is 9.39. The first-order valence-corrected chi connectivity index (χ1v) is 18.6. The number of benzene rings is 5. The van der Waals surface area contributed by atoms with Crippen LogP contribution in [0.3, 0.4) is 0 Å². The van der Waals surface area contributed by atoms with Gasteiger partial charge in [-0.15, -0.1) is 11.3 Å². The summed E-state index contributed by atoms with van der Waals surface area (Å²) < 4.78 is 33.0. The number of hydrogen-bond donors (Lipinski definition) is 6. The maximum Gasteiger partial charge on any atom is 0.394 e. The number of fused-ring (bicyclic) bond motifs is 2. The van der Waals surface area contributed by atoms with E-state index in [2.05, 4.69) is 0 Å². The topological polar surface area (TPSA) is 207 Å². The van der Waals surface area contributed by atoms with E-state index in [4.69, 9.17) is 56.0 Å². The van der Waals surface area contributed by atoms with Crippen LogP contribution < -0.4 is 5.43 Å². The molecule has 0 aliphatic rings. The molecule has 0 aliphatic heterocycles. The molecular weight excluding hydrogens is 772 g/mol. The summed E-state index contributed by atoms with van der Waals surface area (Å²) in [5.41, 5.74) is 0.283. The van der Waals surface area contributed by atoms with Crippen LogP contribution in [0.1, 0.15) is 20.7 Å². The van der Waals surface area contributed by atoms with E-state index in [1.54, 1.807) is 72.8 Å². The minimum atomic E-state index is -4.67. The van der Waals surface area contributed by atoms with Gasteiger partial charge in [0.15, 0.2) is 5.43 Å². The number of carboxylic acid groups (broad SMARTS) is 2. The van der Waals surface area contributed by atoms with Gasteiger partial charge in [0.25, 0.3) is 0 Å². The molecule has 50 heavy (non-hydrogen) atoms. The molecule has 1 heterocycles. The van der Waals surface area contributed by atoms with Gasteiger partial charge < -0.3 is 20.4 Å². The van der Waals surface area contributed by atoms with Gasteiger partial charge in [0, 0.05) is 24.9 Å². The number of aromatic carboxylic acids is 2. The van der Waals surface area contributed by atoms with Crippen molar-refractivity contribution < 1.29 is 47.5 Å². The summed E-state index contributed by atoms with van der Waals surface area (Å²) in [6, 6.07) is 30.0. The summed E-state index contributed by atoms with van der Waals surface area (Å²) in [5, 5.41) is 38.7. The molecular formula is C33H24Cl2O11S4. The third-order valence-corrected chi connectivity index (χ3v) is 10.2. The molecule has 17 heteroatoms. The minimum absolute atomic E-state index is 0.0947. The summed E-state index contributed by atoms with van der Waals surface area (Å²) in [5.74, 6) is -1.66. The number of rotatable bonds is 5. The predicted molar refractivity (Wildman–Crippen MR) is 198 cm³/mol. The Morgan fingerprint density at radius 3 is 1.60 bits per heavy atom. The Kier molecular flexibility index (Phi) is 14.9. The smallest absolute Gasteiger partial charge is 0.394 e. The summed E-state index contributed by atoms with van der Waals surface area (Å²) in [7, 11) is -2.20. The minimum Gasteiger partial charge on any atom is -0.508 e. The van der Waals surface area contributed by atoms with Crippen molar-refractivity contribution in [2.45, 2.75) is 9.79 Å². The zero-order valence-corrected chi connectivity index (χ0v) is 29.8. The normalized spacial score (nSPS) is 10.5. The van der Waals surface area contributed by atoms with E-state index in [-0.39, 0.29) is 28.1 Å². The van der Waals surface area contributed by atoms with Gasteiger partial charge in [0.05, 0.1) is 26.2 Å². The maximum atomic E-state index is 12.3. The van der Waals surface area contributed by atoms with Crippen LogP contribution >= 0.6 is 56.1 Å². The van der Waals surface area contributed by atoms with E-state index >= 15 is 0 Å². The molecule has 0 unspecified atom stereocenters. The molecule has 0 radical (unpaired) electrons. The fourth-order valence-electron chi connectivity index (χ4n) is 3.81. The highest BCUT2D eigenvalue weighted by atomic mass is 35.5. The number of halogens is 2. The highest BCUT2D eigenvalue weighted by molar-refractivity contribution is 8.76. The first-order valence-electron chi connectivity index (χ1n) is 13.5. The first-order chi connectivity index (χ1) is 23.6. The summed E-state index contributed by atoms with van der Waals surface area (Å²) in [4.78, 5) is 35.6. The highest BCUT2D eigenvalue weighted by Gasteiger charge is 2.14. The lowest BCUT2D eigenvalue weighted by Crippen LogP contribution is -2.01. The van der Waals surface area contributed by atoms with Crippen molar-refractivity contribution >= 4 is 98.6 Å². The van der Waals surface area contributed by atoms with Crippen LogP contribution in [-0.4, -0.2) is 49.9 Å². The molecule has 0 atom stereocenters. The van der Waals surface area contributed by atoms with E-state index < -0.39 is 22.3 Å². The Morgan fingerprint density at radius 2 is 1.12 bits per heavy atom. The number of hydrogen-bond acceptors (Lipinski definition) is 10. The average molecular weight is 796 g/mol. The van der Waals surface area contributed by atoms with Crippen molar-refractivity contribution in [2.75, 3.05) is 0 Å². The molecule has 6 rings (SSSR count). The lowest BCUT2D eigenvalue weighted by Gasteiger charge is -2.06. The van der Waals surface area contributed by atoms with Gasteiger partial charge in [-0.25, -0.2) is 9.59 Å². The Bertz CT molecular complexity index is 2210. The third-order valence-electron chi connectivity index (χ3n) is 5.94. The van der Waals surface area contributed by atoms with Gasteiger partial charge in [-0.1, -0.05) is 81.2 Å². The van der Waals surface area contributed by atoms with Crippen molar-refractivity contribution in [2.24, 2.45) is 0 Å². The Hall–Kier alpha value is -4.32. The third kappa shape index (κ3) is 12.2. The molecule has 5 aromatic carbocycles. The van der Waals surface area contributed by atoms with Crippen molar-refractivity contribution in [3.63, 3.8) is 0 Å². The SMILES string of the molecule is O=C(O)c1ccccc1SSc1ccccc1C(=O)O.O=S(=O)(O)O.O=c1c2ccccc2sc2c(O)ccc(Cl)c12.Oc1ccc(Cl)cc1. The standard InChI is InChI=1S/C14H10O4S2.C13H7ClO2S.C6H5ClO.H2O4S/c15-13(16)9-5-1-3-7-11(9)19-20-12-8-4-2-6-10(12)14(17)18;14-8-5-6-9(15)13-11(8)12(16)7-3-1-2-4-10(7)17-13;7-5-1-3-6(8)4-2-5;1-5(2,3)4/h1-8H,(H,15,16)(H,17,18);1-6,15H;1-4,8H;(H2,1,2,3,4). The second-order valence-corrected chi connectivity index (χ2v) is 14.4. The van der Waals surface area contributed by atoms with Crippen molar-refractivity contribution in [1.82, 2.24) is 0 Å². The zero-order valence-electron chi connectivity index (χ0n) is 25.0. The van der Waals surface area contributed by atoms with E-state index in [0.717, 1.165) is 4.70 Å². The quantitative estimate of drug-likeness (QED) is 0.0548. The van der Waals surface area contributed by atoms with Gasteiger partial charge >= 0.3 is 22.3 Å². The van der Waals surface area contributed by atoms with Crippen molar-refractivity contribution in [3.8, 4) is 11.5 Å². The fraction of sp³-hybridized carbons (Fsp3) is 0. The molecule has 6 aromatic rings. The zero-order chi connectivity index (χ0) is 37.0. The Morgan fingerprint density at radius 1 is 0.660 bits per heavy atom. The molecule has 1 aromatic heterocycles. The molecule has 0 bridgehead atoms. The van der Waals surface area contributed by atoms with Gasteiger partial charge in [-0.2, -0.15) is 8.42 Å². The van der Waals surface area contributed by atoms with Crippen LogP contribution in [0.15, 0.2) is 124 Å². The molecule has 0 saturated heterocycles. The summed E-state index contributed by atoms with van der Waals surface area (Å²) >= 11 is 12.9. The van der Waals surface area contributed by atoms with Crippen LogP contribution in [0.2, 0.25) is 10.0 Å². The van der Waals surface area contributed by atoms with Crippen LogP contribution in [0, 0.1) is 0 Å². The number of aromatic hydroxyl groups is 2. The van der Waals surface area contributed by atoms with Gasteiger partial charge in [-0.3, -0.25) is 13.9 Å². The van der Waals surface area contributed by atoms with Gasteiger partial charge in [-0.05, 0) is 72.8 Å². The first kappa shape index (κ1) is 40.1. The number of carboxylic acids is 2. The van der Waals surface area contributed by atoms with Crippen LogP contribution in [0.25, 0.3) is 20.2 Å². The van der Waals surface area contributed by atoms with Gasteiger partial charge in [0.2, 0.25) is 0 Å².